The summed E-state index contributed by atoms with van der Waals surface area (Å²) in [6, 6.07) is 21.2. The maximum atomic E-state index is 12.6. The van der Waals surface area contributed by atoms with E-state index in [-0.39, 0.29) is 5.56 Å². The van der Waals surface area contributed by atoms with Crippen LogP contribution in [0.2, 0.25) is 0 Å². The van der Waals surface area contributed by atoms with Gasteiger partial charge in [0.25, 0.3) is 5.56 Å². The van der Waals surface area contributed by atoms with Crippen molar-refractivity contribution in [3.63, 3.8) is 0 Å². The minimum absolute atomic E-state index is 0.122. The van der Waals surface area contributed by atoms with Gasteiger partial charge in [-0.3, -0.25) is 9.36 Å². The zero-order valence-electron chi connectivity index (χ0n) is 17.5. The number of fused-ring (bicyclic) bond motifs is 1. The first-order valence-electron chi connectivity index (χ1n) is 10.7. The average molecular weight is 412 g/mol. The predicted octanol–water partition coefficient (Wildman–Crippen LogP) is 4.76. The Bertz CT molecular complexity index is 1240. The van der Waals surface area contributed by atoms with E-state index in [9.17, 15) is 4.79 Å². The molecule has 31 heavy (non-hydrogen) atoms. The van der Waals surface area contributed by atoms with Gasteiger partial charge in [-0.15, -0.1) is 0 Å². The Morgan fingerprint density at radius 1 is 0.903 bits per heavy atom. The molecule has 3 heterocycles. The van der Waals surface area contributed by atoms with Crippen LogP contribution in [0.15, 0.2) is 77.7 Å². The molecular weight excluding hydrogens is 386 g/mol. The highest BCUT2D eigenvalue weighted by Gasteiger charge is 2.16. The van der Waals surface area contributed by atoms with Gasteiger partial charge >= 0.3 is 0 Å². The summed E-state index contributed by atoms with van der Waals surface area (Å²) >= 11 is 0. The topological polar surface area (TPSA) is 63.1 Å². The number of hydrogen-bond acceptors (Lipinski definition) is 5. The number of para-hydroxylation sites is 1. The molecular formula is C25H25N5O. The van der Waals surface area contributed by atoms with Gasteiger partial charge in [0.15, 0.2) is 5.65 Å². The van der Waals surface area contributed by atoms with E-state index in [1.807, 2.05) is 30.3 Å². The van der Waals surface area contributed by atoms with Gasteiger partial charge in [0, 0.05) is 42.1 Å². The summed E-state index contributed by atoms with van der Waals surface area (Å²) in [4.78, 5) is 24.1. The van der Waals surface area contributed by atoms with Crippen LogP contribution in [0.5, 0.6) is 0 Å². The van der Waals surface area contributed by atoms with E-state index in [1.54, 1.807) is 22.9 Å². The average Bonchev–Trinajstić information content (AvgIpc) is 2.81. The van der Waals surface area contributed by atoms with Crippen molar-refractivity contribution in [3.8, 4) is 5.69 Å². The molecule has 0 spiro atoms. The molecule has 1 aliphatic rings. The fourth-order valence-corrected chi connectivity index (χ4v) is 4.06. The molecule has 0 atom stereocenters. The van der Waals surface area contributed by atoms with Crippen molar-refractivity contribution in [1.82, 2.24) is 14.5 Å². The van der Waals surface area contributed by atoms with Crippen LogP contribution in [0.4, 0.5) is 17.3 Å². The van der Waals surface area contributed by atoms with Crippen LogP contribution in [-0.4, -0.2) is 27.6 Å². The number of hydrogen-bond donors (Lipinski definition) is 1. The highest BCUT2D eigenvalue weighted by atomic mass is 16.1. The second kappa shape index (κ2) is 8.22. The van der Waals surface area contributed by atoms with Gasteiger partial charge < -0.3 is 10.2 Å². The van der Waals surface area contributed by atoms with Crippen molar-refractivity contribution < 1.29 is 0 Å². The Kier molecular flexibility index (Phi) is 5.12. The van der Waals surface area contributed by atoms with E-state index in [4.69, 9.17) is 0 Å². The van der Waals surface area contributed by atoms with E-state index in [1.165, 1.54) is 18.5 Å². The Labute approximate surface area is 181 Å². The summed E-state index contributed by atoms with van der Waals surface area (Å²) in [6.45, 7) is 4.54. The van der Waals surface area contributed by atoms with Crippen LogP contribution < -0.4 is 15.8 Å². The predicted molar refractivity (Wildman–Crippen MR) is 125 cm³/mol. The lowest BCUT2D eigenvalue weighted by molar-refractivity contribution is 0.438. The van der Waals surface area contributed by atoms with E-state index in [0.29, 0.717) is 11.6 Å². The molecule has 0 unspecified atom stereocenters. The number of pyridine rings is 1. The molecule has 1 N–H and O–H groups in total. The number of aromatic nitrogens is 3. The molecule has 1 fully saturated rings. The summed E-state index contributed by atoms with van der Waals surface area (Å²) in [5, 5.41) is 4.08. The van der Waals surface area contributed by atoms with Crippen LogP contribution in [0.1, 0.15) is 19.8 Å². The first-order chi connectivity index (χ1) is 15.2. The maximum absolute atomic E-state index is 12.6. The summed E-state index contributed by atoms with van der Waals surface area (Å²) in [7, 11) is 0. The van der Waals surface area contributed by atoms with Crippen molar-refractivity contribution in [1.29, 1.82) is 0 Å². The smallest absolute Gasteiger partial charge is 0.256 e. The summed E-state index contributed by atoms with van der Waals surface area (Å²) in [5.41, 5.74) is 3.40. The maximum Gasteiger partial charge on any atom is 0.256 e. The molecule has 0 saturated carbocycles. The van der Waals surface area contributed by atoms with Crippen molar-refractivity contribution in [2.45, 2.75) is 19.8 Å². The van der Waals surface area contributed by atoms with Crippen LogP contribution in [-0.2, 0) is 0 Å². The van der Waals surface area contributed by atoms with Crippen LogP contribution >= 0.6 is 0 Å². The second-order valence-corrected chi connectivity index (χ2v) is 8.16. The molecule has 0 amide bonds. The Morgan fingerprint density at radius 2 is 1.65 bits per heavy atom. The fraction of sp³-hybridized carbons (Fsp3) is 0.240. The SMILES string of the molecule is CC1CCN(c2ccc(Nc3ncc4ccc(=O)n(-c5ccccc5)c4n3)cc2)CC1. The molecule has 6 nitrogen and oxygen atoms in total. The van der Waals surface area contributed by atoms with Gasteiger partial charge in [0.2, 0.25) is 5.95 Å². The van der Waals surface area contributed by atoms with Gasteiger partial charge in [0.1, 0.15) is 0 Å². The minimum Gasteiger partial charge on any atom is -0.372 e. The number of anilines is 3. The Hall–Kier alpha value is -3.67. The summed E-state index contributed by atoms with van der Waals surface area (Å²) < 4.78 is 1.61. The fourth-order valence-electron chi connectivity index (χ4n) is 4.06. The summed E-state index contributed by atoms with van der Waals surface area (Å²) in [5.74, 6) is 1.28. The van der Waals surface area contributed by atoms with E-state index >= 15 is 0 Å². The number of piperidine rings is 1. The lowest BCUT2D eigenvalue weighted by atomic mass is 9.99. The number of nitrogens with one attached hydrogen (secondary N) is 1. The van der Waals surface area contributed by atoms with E-state index in [0.717, 1.165) is 35.8 Å². The third-order valence-electron chi connectivity index (χ3n) is 5.92. The van der Waals surface area contributed by atoms with Crippen LogP contribution in [0.3, 0.4) is 0 Å². The van der Waals surface area contributed by atoms with Crippen molar-refractivity contribution in [2.24, 2.45) is 5.92 Å². The standard InChI is InChI=1S/C25H25N5O/c1-18-13-15-29(16-14-18)21-10-8-20(9-11-21)27-25-26-17-19-7-12-23(31)30(24(19)28-25)22-5-3-2-4-6-22/h2-12,17-18H,13-16H2,1H3,(H,26,27,28). The van der Waals surface area contributed by atoms with Gasteiger partial charge in [-0.1, -0.05) is 25.1 Å². The lowest BCUT2D eigenvalue weighted by Crippen LogP contribution is -2.32. The summed E-state index contributed by atoms with van der Waals surface area (Å²) in [6.07, 6.45) is 4.23. The Morgan fingerprint density at radius 3 is 2.39 bits per heavy atom. The molecule has 0 aliphatic carbocycles. The van der Waals surface area contributed by atoms with E-state index in [2.05, 4.69) is 51.4 Å². The van der Waals surface area contributed by atoms with Gasteiger partial charge in [0.05, 0.1) is 5.69 Å². The highest BCUT2D eigenvalue weighted by Crippen LogP contribution is 2.25. The Balaban J connectivity index is 1.43. The second-order valence-electron chi connectivity index (χ2n) is 8.16. The van der Waals surface area contributed by atoms with Gasteiger partial charge in [-0.05, 0) is 61.2 Å². The zero-order valence-corrected chi connectivity index (χ0v) is 17.5. The third kappa shape index (κ3) is 4.01. The van der Waals surface area contributed by atoms with E-state index < -0.39 is 0 Å². The van der Waals surface area contributed by atoms with Crippen molar-refractivity contribution in [2.75, 3.05) is 23.3 Å². The first kappa shape index (κ1) is 19.3. The molecule has 2 aromatic heterocycles. The molecule has 0 bridgehead atoms. The first-order valence-corrected chi connectivity index (χ1v) is 10.7. The molecule has 156 valence electrons. The number of benzene rings is 2. The van der Waals surface area contributed by atoms with Crippen molar-refractivity contribution in [3.05, 3.63) is 83.3 Å². The monoisotopic (exact) mass is 411 g/mol. The minimum atomic E-state index is -0.122. The van der Waals surface area contributed by atoms with Crippen LogP contribution in [0.25, 0.3) is 16.7 Å². The molecule has 4 aromatic rings. The normalized spacial score (nSPS) is 14.7. The lowest BCUT2D eigenvalue weighted by Gasteiger charge is -2.32. The van der Waals surface area contributed by atoms with Gasteiger partial charge in [-0.2, -0.15) is 4.98 Å². The number of rotatable bonds is 4. The molecule has 1 saturated heterocycles. The zero-order chi connectivity index (χ0) is 21.2. The number of nitrogens with zero attached hydrogens (tertiary/aromatic N) is 4. The highest BCUT2D eigenvalue weighted by molar-refractivity contribution is 5.77. The van der Waals surface area contributed by atoms with Crippen molar-refractivity contribution >= 4 is 28.4 Å². The molecule has 2 aromatic carbocycles. The molecule has 0 radical (unpaired) electrons. The molecule has 1 aliphatic heterocycles. The molecule has 5 rings (SSSR count). The third-order valence-corrected chi connectivity index (χ3v) is 5.92. The van der Waals surface area contributed by atoms with Crippen LogP contribution in [0, 0.1) is 5.92 Å². The van der Waals surface area contributed by atoms with Gasteiger partial charge in [-0.25, -0.2) is 4.98 Å². The molecule has 6 heteroatoms. The quantitative estimate of drug-likeness (QED) is 0.525. The largest absolute Gasteiger partial charge is 0.372 e.